The maximum Gasteiger partial charge on any atom is 0.242 e. The number of halogens is 1. The van der Waals surface area contributed by atoms with Crippen molar-refractivity contribution in [3.05, 3.63) is 71.7 Å². The van der Waals surface area contributed by atoms with Crippen molar-refractivity contribution in [3.63, 3.8) is 0 Å². The van der Waals surface area contributed by atoms with E-state index in [9.17, 15) is 14.0 Å². The molecule has 0 radical (unpaired) electrons. The average Bonchev–Trinajstić information content (AvgIpc) is 3.02. The van der Waals surface area contributed by atoms with Crippen LogP contribution in [0.2, 0.25) is 0 Å². The maximum atomic E-state index is 13.5. The predicted octanol–water partition coefficient (Wildman–Crippen LogP) is 2.63. The van der Waals surface area contributed by atoms with E-state index in [4.69, 9.17) is 0 Å². The van der Waals surface area contributed by atoms with Gasteiger partial charge in [0.15, 0.2) is 0 Å². The van der Waals surface area contributed by atoms with Crippen LogP contribution in [0.3, 0.4) is 0 Å². The number of hydrazine groups is 1. The average molecular weight is 339 g/mol. The Morgan fingerprint density at radius 1 is 0.920 bits per heavy atom. The second-order valence-electron chi connectivity index (χ2n) is 5.72. The smallest absolute Gasteiger partial charge is 0.242 e. The third-order valence-electron chi connectivity index (χ3n) is 3.95. The fourth-order valence-corrected chi connectivity index (χ4v) is 2.65. The Kier molecular flexibility index (Phi) is 5.09. The number of nitrogens with one attached hydrogen (secondary N) is 3. The summed E-state index contributed by atoms with van der Waals surface area (Å²) in [6.45, 7) is 0. The van der Waals surface area contributed by atoms with Crippen molar-refractivity contribution in [1.29, 1.82) is 0 Å². The maximum absolute atomic E-state index is 13.5. The first-order valence-electron chi connectivity index (χ1n) is 7.99. The van der Waals surface area contributed by atoms with Gasteiger partial charge in [0.25, 0.3) is 0 Å². The molecule has 3 rings (SSSR count). The summed E-state index contributed by atoms with van der Waals surface area (Å²) in [5, 5.41) is 0.975. The van der Waals surface area contributed by atoms with Gasteiger partial charge in [0.1, 0.15) is 5.82 Å². The highest BCUT2D eigenvalue weighted by molar-refractivity contribution is 5.89. The summed E-state index contributed by atoms with van der Waals surface area (Å²) in [6, 6.07) is 14.0. The first-order chi connectivity index (χ1) is 12.1. The second kappa shape index (κ2) is 7.61. The minimum absolute atomic E-state index is 0.0916. The summed E-state index contributed by atoms with van der Waals surface area (Å²) >= 11 is 0. The lowest BCUT2D eigenvalue weighted by Gasteiger charge is -2.07. The Bertz CT molecular complexity index is 904. The topological polar surface area (TPSA) is 74.0 Å². The normalized spacial score (nSPS) is 10.6. The molecule has 2 amide bonds. The van der Waals surface area contributed by atoms with E-state index in [-0.39, 0.29) is 36.9 Å². The van der Waals surface area contributed by atoms with Crippen molar-refractivity contribution in [1.82, 2.24) is 15.8 Å². The number of amides is 2. The van der Waals surface area contributed by atoms with Gasteiger partial charge in [0.2, 0.25) is 11.8 Å². The standard InChI is InChI=1S/C19H18FN3O2/c20-16-7-3-1-5-13(16)9-10-18(24)22-23-19(25)11-14-12-21-17-8-4-2-6-15(14)17/h1-8,12,21H,9-11H2,(H,22,24)(H,23,25). The molecule has 0 aliphatic rings. The van der Waals surface area contributed by atoms with Gasteiger partial charge in [-0.2, -0.15) is 0 Å². The number of aromatic nitrogens is 1. The Balaban J connectivity index is 1.47. The molecule has 0 fully saturated rings. The zero-order valence-corrected chi connectivity index (χ0v) is 13.5. The monoisotopic (exact) mass is 339 g/mol. The number of aryl methyl sites for hydroxylation is 1. The minimum Gasteiger partial charge on any atom is -0.361 e. The van der Waals surface area contributed by atoms with Gasteiger partial charge in [-0.3, -0.25) is 20.4 Å². The quantitative estimate of drug-likeness (QED) is 0.625. The molecule has 0 spiro atoms. The van der Waals surface area contributed by atoms with Crippen molar-refractivity contribution in [2.75, 3.05) is 0 Å². The highest BCUT2D eigenvalue weighted by atomic mass is 19.1. The summed E-state index contributed by atoms with van der Waals surface area (Å²) in [5.74, 6) is -1.02. The number of H-pyrrole nitrogens is 1. The molecule has 5 nitrogen and oxygen atoms in total. The largest absolute Gasteiger partial charge is 0.361 e. The number of hydrogen-bond acceptors (Lipinski definition) is 2. The van der Waals surface area contributed by atoms with E-state index in [1.165, 1.54) is 6.07 Å². The van der Waals surface area contributed by atoms with Crippen molar-refractivity contribution in [2.24, 2.45) is 0 Å². The molecule has 6 heteroatoms. The lowest BCUT2D eigenvalue weighted by atomic mass is 10.1. The third-order valence-corrected chi connectivity index (χ3v) is 3.95. The van der Waals surface area contributed by atoms with Crippen LogP contribution in [0.25, 0.3) is 10.9 Å². The lowest BCUT2D eigenvalue weighted by Crippen LogP contribution is -2.42. The van der Waals surface area contributed by atoms with Crippen LogP contribution >= 0.6 is 0 Å². The molecule has 1 aromatic heterocycles. The number of carbonyl (C=O) groups is 2. The number of rotatable bonds is 5. The Hall–Kier alpha value is -3.15. The van der Waals surface area contributed by atoms with E-state index >= 15 is 0 Å². The van der Waals surface area contributed by atoms with E-state index < -0.39 is 0 Å². The molecule has 0 saturated heterocycles. The van der Waals surface area contributed by atoms with E-state index in [1.54, 1.807) is 24.4 Å². The SMILES string of the molecule is O=C(CCc1ccccc1F)NNC(=O)Cc1c[nH]c2ccccc12. The highest BCUT2D eigenvalue weighted by Crippen LogP contribution is 2.17. The molecule has 0 saturated carbocycles. The first-order valence-corrected chi connectivity index (χ1v) is 7.99. The predicted molar refractivity (Wildman–Crippen MR) is 93.0 cm³/mol. The van der Waals surface area contributed by atoms with Crippen LogP contribution in [0.4, 0.5) is 4.39 Å². The van der Waals surface area contributed by atoms with Crippen LogP contribution < -0.4 is 10.9 Å². The summed E-state index contributed by atoms with van der Waals surface area (Å²) in [7, 11) is 0. The van der Waals surface area contributed by atoms with Crippen LogP contribution in [0.1, 0.15) is 17.5 Å². The fourth-order valence-electron chi connectivity index (χ4n) is 2.65. The number of hydrogen-bond donors (Lipinski definition) is 3. The van der Waals surface area contributed by atoms with E-state index in [1.807, 2.05) is 24.3 Å². The number of para-hydroxylation sites is 1. The molecule has 0 bridgehead atoms. The van der Waals surface area contributed by atoms with Crippen molar-refractivity contribution in [2.45, 2.75) is 19.3 Å². The molecule has 0 atom stereocenters. The summed E-state index contributed by atoms with van der Waals surface area (Å²) in [6.07, 6.45) is 2.30. The molecule has 1 heterocycles. The van der Waals surface area contributed by atoms with Gasteiger partial charge in [-0.05, 0) is 29.7 Å². The third kappa shape index (κ3) is 4.23. The van der Waals surface area contributed by atoms with Gasteiger partial charge in [0.05, 0.1) is 6.42 Å². The van der Waals surface area contributed by atoms with Crippen LogP contribution in [0.15, 0.2) is 54.7 Å². The zero-order chi connectivity index (χ0) is 17.6. The lowest BCUT2D eigenvalue weighted by molar-refractivity contribution is -0.128. The molecule has 0 aliphatic carbocycles. The van der Waals surface area contributed by atoms with Gasteiger partial charge in [0, 0.05) is 23.5 Å². The molecule has 25 heavy (non-hydrogen) atoms. The Morgan fingerprint density at radius 3 is 2.48 bits per heavy atom. The first kappa shape index (κ1) is 16.7. The summed E-state index contributed by atoms with van der Waals surface area (Å²) < 4.78 is 13.5. The molecule has 3 aromatic rings. The molecule has 0 aliphatic heterocycles. The van der Waals surface area contributed by atoms with Gasteiger partial charge in [-0.15, -0.1) is 0 Å². The van der Waals surface area contributed by atoms with Crippen LogP contribution in [0.5, 0.6) is 0 Å². The second-order valence-corrected chi connectivity index (χ2v) is 5.72. The van der Waals surface area contributed by atoms with E-state index in [0.29, 0.717) is 5.56 Å². The molecular weight excluding hydrogens is 321 g/mol. The minimum atomic E-state index is -0.365. The van der Waals surface area contributed by atoms with E-state index in [0.717, 1.165) is 16.5 Å². The Labute approximate surface area is 144 Å². The molecular formula is C19H18FN3O2. The fraction of sp³-hybridized carbons (Fsp3) is 0.158. The van der Waals surface area contributed by atoms with Crippen molar-refractivity contribution in [3.8, 4) is 0 Å². The van der Waals surface area contributed by atoms with Gasteiger partial charge in [-0.1, -0.05) is 36.4 Å². The molecule has 128 valence electrons. The number of fused-ring (bicyclic) bond motifs is 1. The number of carbonyl (C=O) groups excluding carboxylic acids is 2. The molecule has 2 aromatic carbocycles. The van der Waals surface area contributed by atoms with Crippen molar-refractivity contribution < 1.29 is 14.0 Å². The van der Waals surface area contributed by atoms with Gasteiger partial charge >= 0.3 is 0 Å². The van der Waals surface area contributed by atoms with Gasteiger partial charge < -0.3 is 4.98 Å². The number of aromatic amines is 1. The highest BCUT2D eigenvalue weighted by Gasteiger charge is 2.10. The van der Waals surface area contributed by atoms with Crippen LogP contribution in [-0.4, -0.2) is 16.8 Å². The van der Waals surface area contributed by atoms with E-state index in [2.05, 4.69) is 15.8 Å². The van der Waals surface area contributed by atoms with Crippen molar-refractivity contribution >= 4 is 22.7 Å². The summed E-state index contributed by atoms with van der Waals surface area (Å²) in [5.41, 5.74) is 7.04. The van der Waals surface area contributed by atoms with Crippen LogP contribution in [0, 0.1) is 5.82 Å². The molecule has 3 N–H and O–H groups in total. The molecule has 0 unspecified atom stereocenters. The zero-order valence-electron chi connectivity index (χ0n) is 13.5. The van der Waals surface area contributed by atoms with Crippen LogP contribution in [-0.2, 0) is 22.4 Å². The number of benzene rings is 2. The summed E-state index contributed by atoms with van der Waals surface area (Å²) in [4.78, 5) is 26.9. The van der Waals surface area contributed by atoms with Gasteiger partial charge in [-0.25, -0.2) is 4.39 Å². The Morgan fingerprint density at radius 2 is 1.64 bits per heavy atom.